The number of ether oxygens (including phenoxy) is 1. The van der Waals surface area contributed by atoms with E-state index in [0.29, 0.717) is 44.7 Å². The summed E-state index contributed by atoms with van der Waals surface area (Å²) in [4.78, 5) is 29.8. The Labute approximate surface area is 221 Å². The Morgan fingerprint density at radius 3 is 2.68 bits per heavy atom. The number of hydrogen-bond donors (Lipinski definition) is 2. The fraction of sp³-hybridized carbons (Fsp3) is 0.517. The van der Waals surface area contributed by atoms with Crippen molar-refractivity contribution in [2.75, 3.05) is 46.4 Å². The second kappa shape index (κ2) is 11.5. The average Bonchev–Trinajstić information content (AvgIpc) is 3.56. The summed E-state index contributed by atoms with van der Waals surface area (Å²) in [5.41, 5.74) is 4.02. The molecule has 5 rings (SSSR count). The molecule has 2 aliphatic heterocycles. The van der Waals surface area contributed by atoms with Crippen LogP contribution in [0.2, 0.25) is 0 Å². The summed E-state index contributed by atoms with van der Waals surface area (Å²) < 4.78 is 33.5. The zero-order valence-corrected chi connectivity index (χ0v) is 21.7. The third-order valence-electron chi connectivity index (χ3n) is 8.37. The van der Waals surface area contributed by atoms with Crippen LogP contribution in [0, 0.1) is 17.6 Å². The number of nitrogens with zero attached hydrogens (tertiary/aromatic N) is 2. The monoisotopic (exact) mass is 527 g/mol. The molecule has 2 fully saturated rings. The maximum atomic E-state index is 14.6. The molecule has 7 nitrogen and oxygen atoms in total. The molecule has 0 saturated carbocycles. The SMILES string of the molecule is COC[C@H]1CN([C@@H](Cc2ccc3c(c2)CCC3)C(=O)O)CCN1C(=O)[C@@H]1CNC[C@H]1c1ccc(F)cc1F. The van der Waals surface area contributed by atoms with Crippen LogP contribution in [0.5, 0.6) is 0 Å². The lowest BCUT2D eigenvalue weighted by Crippen LogP contribution is -2.61. The molecule has 9 heteroatoms. The van der Waals surface area contributed by atoms with Crippen molar-refractivity contribution < 1.29 is 28.2 Å². The maximum absolute atomic E-state index is 14.6. The van der Waals surface area contributed by atoms with Gasteiger partial charge in [-0.05, 0) is 54.0 Å². The van der Waals surface area contributed by atoms with Crippen molar-refractivity contribution in [1.29, 1.82) is 0 Å². The van der Waals surface area contributed by atoms with Crippen molar-refractivity contribution in [3.63, 3.8) is 0 Å². The minimum absolute atomic E-state index is 0.115. The first-order chi connectivity index (χ1) is 18.4. The van der Waals surface area contributed by atoms with Gasteiger partial charge >= 0.3 is 5.97 Å². The number of rotatable bonds is 8. The molecule has 3 aliphatic rings. The van der Waals surface area contributed by atoms with Crippen LogP contribution in [-0.4, -0.2) is 85.3 Å². The Bertz CT molecular complexity index is 1190. The predicted molar refractivity (Wildman–Crippen MR) is 138 cm³/mol. The van der Waals surface area contributed by atoms with Crippen LogP contribution in [0.4, 0.5) is 8.78 Å². The van der Waals surface area contributed by atoms with Gasteiger partial charge in [0.2, 0.25) is 5.91 Å². The smallest absolute Gasteiger partial charge is 0.321 e. The predicted octanol–water partition coefficient (Wildman–Crippen LogP) is 2.61. The van der Waals surface area contributed by atoms with Crippen molar-refractivity contribution in [2.24, 2.45) is 5.92 Å². The van der Waals surface area contributed by atoms with E-state index < -0.39 is 35.5 Å². The number of carboxylic acid groups (broad SMARTS) is 1. The van der Waals surface area contributed by atoms with Gasteiger partial charge in [0.25, 0.3) is 0 Å². The van der Waals surface area contributed by atoms with E-state index in [9.17, 15) is 23.5 Å². The fourth-order valence-corrected chi connectivity index (χ4v) is 6.42. The van der Waals surface area contributed by atoms with Gasteiger partial charge in [-0.15, -0.1) is 0 Å². The van der Waals surface area contributed by atoms with Crippen molar-refractivity contribution in [2.45, 2.75) is 43.7 Å². The molecular formula is C29H35F2N3O4. The van der Waals surface area contributed by atoms with E-state index >= 15 is 0 Å². The standard InChI is InChI=1S/C29H35F2N3O4/c1-38-17-22-16-33(27(29(36)37)12-18-5-6-19-3-2-4-20(19)11-18)9-10-34(22)28(35)25-15-32-14-24(25)23-8-7-21(30)13-26(23)31/h5-8,11,13,22,24-25,27,32H,2-4,9-10,12,14-17H2,1H3,(H,36,37)/t22-,24+,25-,27+/m1/s1. The lowest BCUT2D eigenvalue weighted by atomic mass is 9.87. The number of piperazine rings is 1. The van der Waals surface area contributed by atoms with E-state index in [2.05, 4.69) is 17.4 Å². The minimum atomic E-state index is -0.881. The molecule has 1 amide bonds. The highest BCUT2D eigenvalue weighted by atomic mass is 19.1. The van der Waals surface area contributed by atoms with Gasteiger partial charge in [-0.3, -0.25) is 14.5 Å². The highest BCUT2D eigenvalue weighted by molar-refractivity contribution is 5.81. The molecule has 0 bridgehead atoms. The summed E-state index contributed by atoms with van der Waals surface area (Å²) in [5.74, 6) is -3.20. The van der Waals surface area contributed by atoms with Crippen LogP contribution in [-0.2, 0) is 33.6 Å². The average molecular weight is 528 g/mol. The lowest BCUT2D eigenvalue weighted by Gasteiger charge is -2.44. The summed E-state index contributed by atoms with van der Waals surface area (Å²) in [6, 6.07) is 8.76. The van der Waals surface area contributed by atoms with E-state index in [-0.39, 0.29) is 18.6 Å². The van der Waals surface area contributed by atoms with Crippen LogP contribution < -0.4 is 5.32 Å². The molecule has 2 heterocycles. The van der Waals surface area contributed by atoms with Gasteiger partial charge in [0, 0.05) is 51.8 Å². The number of benzene rings is 2. The van der Waals surface area contributed by atoms with Crippen molar-refractivity contribution in [3.05, 3.63) is 70.3 Å². The Balaban J connectivity index is 1.31. The van der Waals surface area contributed by atoms with E-state index in [1.165, 1.54) is 23.3 Å². The number of aryl methyl sites for hydroxylation is 2. The number of hydrogen-bond acceptors (Lipinski definition) is 5. The van der Waals surface area contributed by atoms with E-state index in [1.807, 2.05) is 11.0 Å². The van der Waals surface area contributed by atoms with Gasteiger partial charge in [0.1, 0.15) is 17.7 Å². The van der Waals surface area contributed by atoms with Gasteiger partial charge in [-0.1, -0.05) is 24.3 Å². The van der Waals surface area contributed by atoms with E-state index in [4.69, 9.17) is 4.74 Å². The highest BCUT2D eigenvalue weighted by Gasteiger charge is 2.42. The molecule has 2 saturated heterocycles. The van der Waals surface area contributed by atoms with E-state index in [1.54, 1.807) is 12.0 Å². The molecule has 0 radical (unpaired) electrons. The first-order valence-electron chi connectivity index (χ1n) is 13.4. The molecule has 204 valence electrons. The van der Waals surface area contributed by atoms with Gasteiger partial charge in [0.05, 0.1) is 18.6 Å². The zero-order chi connectivity index (χ0) is 26.8. The molecule has 0 spiro atoms. The van der Waals surface area contributed by atoms with Gasteiger partial charge < -0.3 is 20.1 Å². The van der Waals surface area contributed by atoms with Crippen molar-refractivity contribution in [1.82, 2.24) is 15.1 Å². The molecule has 4 atom stereocenters. The third-order valence-corrected chi connectivity index (χ3v) is 8.37. The summed E-state index contributed by atoms with van der Waals surface area (Å²) in [6.07, 6.45) is 3.66. The number of carbonyl (C=O) groups excluding carboxylic acids is 1. The quantitative estimate of drug-likeness (QED) is 0.550. The second-order valence-electron chi connectivity index (χ2n) is 10.7. The molecule has 2 N–H and O–H groups in total. The normalized spacial score (nSPS) is 24.4. The number of halogens is 2. The third kappa shape index (κ3) is 5.46. The Morgan fingerprint density at radius 1 is 1.11 bits per heavy atom. The molecule has 0 aromatic heterocycles. The van der Waals surface area contributed by atoms with E-state index in [0.717, 1.165) is 30.9 Å². The largest absolute Gasteiger partial charge is 0.480 e. The van der Waals surface area contributed by atoms with Crippen LogP contribution in [0.15, 0.2) is 36.4 Å². The summed E-state index contributed by atoms with van der Waals surface area (Å²) in [6.45, 7) is 2.24. The van der Waals surface area contributed by atoms with Gasteiger partial charge in [-0.25, -0.2) is 8.78 Å². The molecule has 38 heavy (non-hydrogen) atoms. The van der Waals surface area contributed by atoms with Crippen LogP contribution >= 0.6 is 0 Å². The zero-order valence-electron chi connectivity index (χ0n) is 21.7. The number of carbonyl (C=O) groups is 2. The number of aliphatic carboxylic acids is 1. The molecule has 1 aliphatic carbocycles. The second-order valence-corrected chi connectivity index (χ2v) is 10.7. The topological polar surface area (TPSA) is 82.1 Å². The van der Waals surface area contributed by atoms with Crippen molar-refractivity contribution >= 4 is 11.9 Å². The molecule has 0 unspecified atom stereocenters. The Morgan fingerprint density at radius 2 is 1.92 bits per heavy atom. The van der Waals surface area contributed by atoms with Crippen molar-refractivity contribution in [3.8, 4) is 0 Å². The molecular weight excluding hydrogens is 492 g/mol. The fourth-order valence-electron chi connectivity index (χ4n) is 6.42. The summed E-state index contributed by atoms with van der Waals surface area (Å²) in [7, 11) is 1.56. The maximum Gasteiger partial charge on any atom is 0.321 e. The molecule has 2 aromatic rings. The van der Waals surface area contributed by atoms with Crippen LogP contribution in [0.25, 0.3) is 0 Å². The van der Waals surface area contributed by atoms with Crippen LogP contribution in [0.1, 0.15) is 34.6 Å². The summed E-state index contributed by atoms with van der Waals surface area (Å²) >= 11 is 0. The number of nitrogens with one attached hydrogen (secondary N) is 1. The number of amides is 1. The highest BCUT2D eigenvalue weighted by Crippen LogP contribution is 2.33. The van der Waals surface area contributed by atoms with Crippen LogP contribution in [0.3, 0.4) is 0 Å². The number of methoxy groups -OCH3 is 1. The Kier molecular flexibility index (Phi) is 8.07. The summed E-state index contributed by atoms with van der Waals surface area (Å²) in [5, 5.41) is 13.3. The van der Waals surface area contributed by atoms with Gasteiger partial charge in [0.15, 0.2) is 0 Å². The number of carboxylic acids is 1. The van der Waals surface area contributed by atoms with Gasteiger partial charge in [-0.2, -0.15) is 0 Å². The first-order valence-corrected chi connectivity index (χ1v) is 13.4. The first kappa shape index (κ1) is 26.7. The molecule has 2 aromatic carbocycles. The number of fused-ring (bicyclic) bond motifs is 1. The Hall–Kier alpha value is -2.88. The minimum Gasteiger partial charge on any atom is -0.480 e. The lowest BCUT2D eigenvalue weighted by molar-refractivity contribution is -0.148.